The summed E-state index contributed by atoms with van der Waals surface area (Å²) in [6.07, 6.45) is 9.34. The molecule has 9 aromatic heterocycles. The highest BCUT2D eigenvalue weighted by Crippen LogP contribution is 2.63. The molecule has 0 amide bonds. The smallest absolute Gasteiger partial charge is 0.252 e. The predicted octanol–water partition coefficient (Wildman–Crippen LogP) is 16.8. The molecule has 3 fully saturated rings. The zero-order valence-corrected chi connectivity index (χ0v) is 66.8. The number of nitrogens with zero attached hydrogens (tertiary/aromatic N) is 16. The number of pyridine rings is 3. The van der Waals surface area contributed by atoms with E-state index >= 15 is 8.78 Å². The quantitative estimate of drug-likeness (QED) is 0.0662. The molecule has 0 bridgehead atoms. The number of nitrogens with one attached hydrogen (secondary N) is 6. The van der Waals surface area contributed by atoms with Gasteiger partial charge in [0.1, 0.15) is 55.0 Å². The molecule has 6 N–H and O–H groups in total. The number of anilines is 3. The van der Waals surface area contributed by atoms with Crippen molar-refractivity contribution < 1.29 is 23.0 Å². The first-order chi connectivity index (χ1) is 58.7. The molecule has 600 valence electrons. The van der Waals surface area contributed by atoms with Gasteiger partial charge in [0.2, 0.25) is 11.9 Å². The Bertz CT molecular complexity index is 7150. The van der Waals surface area contributed by atoms with Crippen molar-refractivity contribution in [2.45, 2.75) is 75.0 Å². The molecule has 0 saturated heterocycles. The van der Waals surface area contributed by atoms with Gasteiger partial charge in [-0.05, 0) is 193 Å². The predicted molar refractivity (Wildman–Crippen MR) is 448 cm³/mol. The molecule has 3 aliphatic carbocycles. The summed E-state index contributed by atoms with van der Waals surface area (Å²) in [5, 5.41) is 38.8. The Hall–Kier alpha value is -13.5. The van der Waals surface area contributed by atoms with Crippen LogP contribution in [0.3, 0.4) is 0 Å². The van der Waals surface area contributed by atoms with Gasteiger partial charge in [0.15, 0.2) is 28.0 Å². The molecule has 9 atom stereocenters. The van der Waals surface area contributed by atoms with Crippen LogP contribution in [-0.2, 0) is 34.0 Å². The van der Waals surface area contributed by atoms with Gasteiger partial charge in [-0.15, -0.1) is 15.3 Å². The van der Waals surface area contributed by atoms with E-state index in [0.29, 0.717) is 104 Å². The van der Waals surface area contributed by atoms with Gasteiger partial charge in [0.25, 0.3) is 16.7 Å². The molecule has 9 aliphatic rings. The SMILES string of the molecule is C=C1Nc2ccc(-c3cnc(C4C5CC5c5cc(-c6cc(Cl)ccc6-n6cc(Cl)nn6)cc(=O)n54)[nH]3)cc2CO1.C=C1Nc2ccc(-c3nc(C4C5CC5c5cc(-c6cc(Cl)ccc6-n6cc(Cl)nn6)cc(=O)n54)[nH]c3F)cc2CO1.C=C1Nc2ccc(-c3nc(C4C5CC5c5cc(-c6cc(Cl)ccc6-n6cnnn6)cc(=O)n54)[nH]c3F)cc2CO1. The number of imidazole rings is 3. The first-order valence-electron chi connectivity index (χ1n) is 38.5. The normalized spacial score (nSPS) is 20.3. The van der Waals surface area contributed by atoms with Crippen molar-refractivity contribution in [3.63, 3.8) is 0 Å². The fourth-order valence-corrected chi connectivity index (χ4v) is 18.9. The molecule has 35 heteroatoms. The zero-order valence-electron chi connectivity index (χ0n) is 63.0. The standard InChI is InChI=1S/C29H20Cl2FN7O2.C29H21Cl2N7O2.C28H20ClFN8O2/c1-13-33-21-4-2-14(6-16(21)12-41-13)26-28(32)35-29(34-26)27-20-10-19(20)23-7-15(8-25(40)39(23)27)18-9-17(30)3-5-22(18)38-11-24(31)36-37-38;1-14-33-22-4-2-15(6-17(22)13-40-14)23-11-32-29(34-23)28-21-10-20(21)25-7-16(8-27(39)38(25)28)19-9-18(30)3-5-24(19)37-12-26(31)35-36-37;1-13-32-21-4-2-14(6-16(21)11-40-13)25-27(30)34-28(33-25)26-20-10-19(20)23-7-15(8-24(39)38(23)26)18-9-17(29)3-5-22(18)37-12-31-35-36-37/h2-9,11,19-20,27,33H,1,10,12H2,(H,34,35);2-9,11-12,20-21,28,33H,1,10,13H2,(H,32,34);2-9,12,19-20,26,32H,1,10-11H2,(H,33,34). The molecular weight excluding hydrogens is 1650 g/mol. The first kappa shape index (κ1) is 73.8. The second kappa shape index (κ2) is 28.3. The molecule has 28 nitrogen and oxygen atoms in total. The number of rotatable bonds is 12. The fourth-order valence-electron chi connectivity index (χ4n) is 18.1. The summed E-state index contributed by atoms with van der Waals surface area (Å²) in [6, 6.07) is 43.3. The van der Waals surface area contributed by atoms with Gasteiger partial charge in [-0.1, -0.05) is 86.6 Å². The Morgan fingerprint density at radius 3 is 1.20 bits per heavy atom. The lowest BCUT2D eigenvalue weighted by Crippen LogP contribution is -2.26. The Kier molecular flexibility index (Phi) is 17.3. The Morgan fingerprint density at radius 2 is 0.810 bits per heavy atom. The molecule has 6 aromatic carbocycles. The average Bonchev–Trinajstić information content (AvgIpc) is 1.55. The number of tetrazole rings is 1. The lowest BCUT2D eigenvalue weighted by molar-refractivity contribution is 0.198. The number of fused-ring (bicyclic) bond motifs is 12. The van der Waals surface area contributed by atoms with E-state index in [9.17, 15) is 14.4 Å². The van der Waals surface area contributed by atoms with Crippen molar-refractivity contribution in [2.24, 2.45) is 17.8 Å². The second-order valence-corrected chi connectivity index (χ2v) is 33.2. The number of benzene rings is 6. The van der Waals surface area contributed by atoms with Gasteiger partial charge in [0.05, 0.1) is 59.5 Å². The molecule has 0 radical (unpaired) electrons. The maximum atomic E-state index is 15.3. The highest BCUT2D eigenvalue weighted by molar-refractivity contribution is 6.32. The van der Waals surface area contributed by atoms with Gasteiger partial charge in [-0.2, -0.15) is 13.5 Å². The number of hydrogen-bond acceptors (Lipinski definition) is 19. The van der Waals surface area contributed by atoms with Gasteiger partial charge in [-0.3, -0.25) is 14.4 Å². The van der Waals surface area contributed by atoms with E-state index in [1.807, 2.05) is 89.6 Å². The monoisotopic (exact) mass is 1710 g/mol. The van der Waals surface area contributed by atoms with Crippen molar-refractivity contribution in [3.8, 4) is 84.2 Å². The van der Waals surface area contributed by atoms with E-state index in [0.717, 1.165) is 121 Å². The maximum Gasteiger partial charge on any atom is 0.252 e. The molecule has 15 heterocycles. The molecule has 9 unspecified atom stereocenters. The summed E-state index contributed by atoms with van der Waals surface area (Å²) in [5.41, 5.74) is 18.0. The molecule has 3 saturated carbocycles. The van der Waals surface area contributed by atoms with Crippen molar-refractivity contribution in [1.82, 2.24) is 93.8 Å². The first-order valence-corrected chi connectivity index (χ1v) is 40.4. The topological polar surface area (TPSA) is 321 Å². The van der Waals surface area contributed by atoms with Crippen LogP contribution in [-0.4, -0.2) is 93.8 Å². The van der Waals surface area contributed by atoms with E-state index in [1.54, 1.807) is 85.5 Å². The largest absolute Gasteiger partial charge is 0.475 e. The summed E-state index contributed by atoms with van der Waals surface area (Å²) in [5.74, 6) is 3.36. The molecule has 121 heavy (non-hydrogen) atoms. The van der Waals surface area contributed by atoms with Gasteiger partial charge in [-0.25, -0.2) is 24.3 Å². The van der Waals surface area contributed by atoms with Gasteiger partial charge < -0.3 is 58.8 Å². The average molecular weight is 1710 g/mol. The number of aromatic amines is 3. The Balaban J connectivity index is 0.000000109. The van der Waals surface area contributed by atoms with Crippen LogP contribution >= 0.6 is 58.0 Å². The van der Waals surface area contributed by atoms with Crippen LogP contribution in [0.25, 0.3) is 84.2 Å². The van der Waals surface area contributed by atoms with Crippen LogP contribution in [0, 0.1) is 29.6 Å². The van der Waals surface area contributed by atoms with Crippen LogP contribution < -0.4 is 32.6 Å². The summed E-state index contributed by atoms with van der Waals surface area (Å²) >= 11 is 31.1. The third-order valence-electron chi connectivity index (χ3n) is 23.8. The van der Waals surface area contributed by atoms with Crippen LogP contribution in [0.4, 0.5) is 25.8 Å². The molecular formula is C86H61Cl5F2N22O6. The van der Waals surface area contributed by atoms with Crippen LogP contribution in [0.1, 0.15) is 106 Å². The lowest BCUT2D eigenvalue weighted by Gasteiger charge is -2.21. The number of ether oxygens (including phenoxy) is 3. The van der Waals surface area contributed by atoms with Crippen molar-refractivity contribution in [1.29, 1.82) is 0 Å². The number of H-pyrrole nitrogens is 3. The third kappa shape index (κ3) is 13.0. The lowest BCUT2D eigenvalue weighted by atomic mass is 10.0. The van der Waals surface area contributed by atoms with Crippen LogP contribution in [0.15, 0.2) is 222 Å². The molecule has 24 rings (SSSR count). The van der Waals surface area contributed by atoms with E-state index in [-0.39, 0.29) is 74.1 Å². The minimum absolute atomic E-state index is 0.0811. The Labute approximate surface area is 707 Å². The highest BCUT2D eigenvalue weighted by Gasteiger charge is 2.57. The van der Waals surface area contributed by atoms with Crippen LogP contribution in [0.2, 0.25) is 25.4 Å². The second-order valence-electron chi connectivity index (χ2n) is 31.1. The minimum Gasteiger partial charge on any atom is -0.475 e. The number of hydrogen-bond donors (Lipinski definition) is 6. The fraction of sp³-hybridized carbons (Fsp3) is 0.174. The summed E-state index contributed by atoms with van der Waals surface area (Å²) in [6.45, 7) is 12.5. The van der Waals surface area contributed by atoms with E-state index in [4.69, 9.17) is 77.2 Å². The number of halogens is 7. The number of aromatic nitrogens is 19. The van der Waals surface area contributed by atoms with Gasteiger partial charge in [0, 0.05) is 135 Å². The molecule has 0 spiro atoms. The zero-order chi connectivity index (χ0) is 82.2. The van der Waals surface area contributed by atoms with Crippen molar-refractivity contribution in [3.05, 3.63) is 327 Å². The van der Waals surface area contributed by atoms with E-state index < -0.39 is 17.9 Å². The Morgan fingerprint density at radius 1 is 0.421 bits per heavy atom. The van der Waals surface area contributed by atoms with Crippen molar-refractivity contribution >= 4 is 75.1 Å². The molecule has 6 aliphatic heterocycles. The summed E-state index contributed by atoms with van der Waals surface area (Å²) in [4.78, 5) is 64.2. The van der Waals surface area contributed by atoms with Crippen molar-refractivity contribution in [2.75, 3.05) is 16.0 Å². The summed E-state index contributed by atoms with van der Waals surface area (Å²) in [7, 11) is 0. The van der Waals surface area contributed by atoms with Gasteiger partial charge >= 0.3 is 0 Å². The molecule has 15 aromatic rings. The summed E-state index contributed by atoms with van der Waals surface area (Å²) < 4.78 is 57.1. The third-order valence-corrected chi connectivity index (χ3v) is 24.9. The van der Waals surface area contributed by atoms with E-state index in [2.05, 4.69) is 109 Å². The van der Waals surface area contributed by atoms with Crippen LogP contribution in [0.5, 0.6) is 0 Å². The maximum absolute atomic E-state index is 15.3. The highest BCUT2D eigenvalue weighted by atomic mass is 35.5. The minimum atomic E-state index is -0.542. The van der Waals surface area contributed by atoms with E-state index in [1.165, 1.54) is 11.0 Å².